The molecule has 0 saturated carbocycles. The van der Waals surface area contributed by atoms with Gasteiger partial charge in [0.15, 0.2) is 0 Å². The van der Waals surface area contributed by atoms with E-state index in [9.17, 15) is 14.0 Å². The molecule has 1 aromatic carbocycles. The molecule has 0 bridgehead atoms. The fraction of sp³-hybridized carbons (Fsp3) is 0.188. The number of thiophene rings is 1. The number of likely N-dealkylation sites (N-methyl/N-ethyl adjacent to an activating group) is 1. The van der Waals surface area contributed by atoms with Gasteiger partial charge >= 0.3 is 0 Å². The molecule has 1 N–H and O–H groups in total. The number of hydrogen-bond donors (Lipinski definition) is 1. The summed E-state index contributed by atoms with van der Waals surface area (Å²) in [5.74, 6) is -0.794. The summed E-state index contributed by atoms with van der Waals surface area (Å²) < 4.78 is 13.1. The average Bonchev–Trinajstić information content (AvgIpc) is 3.25. The zero-order valence-corrected chi connectivity index (χ0v) is 14.6. The molecule has 0 spiro atoms. The maximum absolute atomic E-state index is 13.1. The van der Waals surface area contributed by atoms with Crippen molar-refractivity contribution in [3.8, 4) is 10.7 Å². The highest BCUT2D eigenvalue weighted by Crippen LogP contribution is 2.19. The molecule has 0 aliphatic rings. The SMILES string of the molecule is CN(CC(=O)Nc1cccc(F)c1)C(=O)Cn1nnc(-c2cccs2)n1. The highest BCUT2D eigenvalue weighted by Gasteiger charge is 2.16. The molecule has 0 fully saturated rings. The van der Waals surface area contributed by atoms with Crippen LogP contribution < -0.4 is 5.32 Å². The smallest absolute Gasteiger partial charge is 0.246 e. The van der Waals surface area contributed by atoms with E-state index in [0.717, 1.165) is 4.88 Å². The number of tetrazole rings is 1. The highest BCUT2D eigenvalue weighted by atomic mass is 32.1. The van der Waals surface area contributed by atoms with Crippen LogP contribution in [0.2, 0.25) is 0 Å². The number of carbonyl (C=O) groups excluding carboxylic acids is 2. The minimum absolute atomic E-state index is 0.137. The standard InChI is InChI=1S/C16H15FN6O2S/c1-22(9-14(24)18-12-5-2-4-11(17)8-12)15(25)10-23-20-16(19-21-23)13-6-3-7-26-13/h2-8H,9-10H2,1H3,(H,18,24). The molecule has 2 aromatic heterocycles. The van der Waals surface area contributed by atoms with E-state index < -0.39 is 11.7 Å². The van der Waals surface area contributed by atoms with Gasteiger partial charge in [-0.05, 0) is 34.9 Å². The van der Waals surface area contributed by atoms with E-state index in [2.05, 4.69) is 20.7 Å². The Labute approximate surface area is 152 Å². The molecule has 0 atom stereocenters. The fourth-order valence-corrected chi connectivity index (χ4v) is 2.77. The summed E-state index contributed by atoms with van der Waals surface area (Å²) in [5.41, 5.74) is 0.328. The Morgan fingerprint density at radius 3 is 2.88 bits per heavy atom. The number of hydrogen-bond acceptors (Lipinski definition) is 6. The Morgan fingerprint density at radius 1 is 1.31 bits per heavy atom. The van der Waals surface area contributed by atoms with Crippen LogP contribution in [0.5, 0.6) is 0 Å². The number of aromatic nitrogens is 4. The van der Waals surface area contributed by atoms with E-state index in [0.29, 0.717) is 11.5 Å². The monoisotopic (exact) mass is 374 g/mol. The van der Waals surface area contributed by atoms with Gasteiger partial charge in [-0.1, -0.05) is 12.1 Å². The molecule has 26 heavy (non-hydrogen) atoms. The first-order valence-corrected chi connectivity index (χ1v) is 8.50. The van der Waals surface area contributed by atoms with Crippen molar-refractivity contribution in [1.29, 1.82) is 0 Å². The molecule has 3 rings (SSSR count). The van der Waals surface area contributed by atoms with E-state index in [4.69, 9.17) is 0 Å². The zero-order valence-electron chi connectivity index (χ0n) is 13.8. The summed E-state index contributed by atoms with van der Waals surface area (Å²) in [6, 6.07) is 9.26. The van der Waals surface area contributed by atoms with Crippen molar-refractivity contribution in [3.63, 3.8) is 0 Å². The van der Waals surface area contributed by atoms with Crippen molar-refractivity contribution in [1.82, 2.24) is 25.1 Å². The lowest BCUT2D eigenvalue weighted by Crippen LogP contribution is -2.37. The predicted molar refractivity (Wildman–Crippen MR) is 93.8 cm³/mol. The number of benzene rings is 1. The van der Waals surface area contributed by atoms with Crippen LogP contribution in [0.1, 0.15) is 0 Å². The van der Waals surface area contributed by atoms with Gasteiger partial charge in [-0.2, -0.15) is 4.80 Å². The first-order valence-electron chi connectivity index (χ1n) is 7.62. The van der Waals surface area contributed by atoms with Gasteiger partial charge in [-0.25, -0.2) is 4.39 Å². The molecule has 2 heterocycles. The molecule has 3 aromatic rings. The van der Waals surface area contributed by atoms with Gasteiger partial charge < -0.3 is 10.2 Å². The average molecular weight is 374 g/mol. The Kier molecular flexibility index (Phi) is 5.32. The minimum atomic E-state index is -0.453. The summed E-state index contributed by atoms with van der Waals surface area (Å²) in [6.45, 7) is -0.316. The van der Waals surface area contributed by atoms with Gasteiger partial charge in [0.1, 0.15) is 12.4 Å². The van der Waals surface area contributed by atoms with E-state index in [1.165, 1.54) is 46.3 Å². The number of carbonyl (C=O) groups is 2. The molecule has 0 aliphatic heterocycles. The summed E-state index contributed by atoms with van der Waals surface area (Å²) in [7, 11) is 1.49. The van der Waals surface area contributed by atoms with Gasteiger partial charge in [0.05, 0.1) is 11.4 Å². The van der Waals surface area contributed by atoms with Crippen LogP contribution in [0.15, 0.2) is 41.8 Å². The van der Waals surface area contributed by atoms with Crippen LogP contribution in [-0.4, -0.2) is 50.5 Å². The van der Waals surface area contributed by atoms with Gasteiger partial charge in [-0.3, -0.25) is 9.59 Å². The van der Waals surface area contributed by atoms with Crippen molar-refractivity contribution in [3.05, 3.63) is 47.6 Å². The molecule has 0 saturated heterocycles. The number of amides is 2. The number of halogens is 1. The predicted octanol–water partition coefficient (Wildman–Crippen LogP) is 1.64. The van der Waals surface area contributed by atoms with E-state index in [-0.39, 0.29) is 19.0 Å². The fourth-order valence-electron chi connectivity index (χ4n) is 2.13. The van der Waals surface area contributed by atoms with Crippen LogP contribution >= 0.6 is 11.3 Å². The molecule has 8 nitrogen and oxygen atoms in total. The summed E-state index contributed by atoms with van der Waals surface area (Å²) in [4.78, 5) is 27.5. The molecule has 0 aliphatic carbocycles. The number of nitrogens with zero attached hydrogens (tertiary/aromatic N) is 5. The van der Waals surface area contributed by atoms with Crippen LogP contribution in [0, 0.1) is 5.82 Å². The van der Waals surface area contributed by atoms with Crippen LogP contribution in [0.4, 0.5) is 10.1 Å². The third-order valence-corrected chi connectivity index (χ3v) is 4.25. The van der Waals surface area contributed by atoms with E-state index in [1.54, 1.807) is 6.07 Å². The lowest BCUT2D eigenvalue weighted by atomic mass is 10.3. The Morgan fingerprint density at radius 2 is 2.15 bits per heavy atom. The van der Waals surface area contributed by atoms with E-state index in [1.807, 2.05) is 17.5 Å². The molecular formula is C16H15FN6O2S. The summed E-state index contributed by atoms with van der Waals surface area (Å²) in [5, 5.41) is 16.3. The molecular weight excluding hydrogens is 359 g/mol. The second-order valence-electron chi connectivity index (χ2n) is 5.43. The number of rotatable bonds is 6. The van der Waals surface area contributed by atoms with Gasteiger partial charge in [0.25, 0.3) is 0 Å². The Balaban J connectivity index is 1.53. The quantitative estimate of drug-likeness (QED) is 0.708. The topological polar surface area (TPSA) is 93.0 Å². The first kappa shape index (κ1) is 17.7. The Bertz CT molecular complexity index is 911. The van der Waals surface area contributed by atoms with E-state index >= 15 is 0 Å². The molecule has 134 valence electrons. The van der Waals surface area contributed by atoms with Crippen molar-refractivity contribution < 1.29 is 14.0 Å². The third-order valence-electron chi connectivity index (χ3n) is 3.39. The van der Waals surface area contributed by atoms with Gasteiger partial charge in [0.2, 0.25) is 17.6 Å². The second kappa shape index (κ2) is 7.83. The number of nitrogens with one attached hydrogen (secondary N) is 1. The number of anilines is 1. The van der Waals surface area contributed by atoms with Crippen LogP contribution in [0.3, 0.4) is 0 Å². The summed E-state index contributed by atoms with van der Waals surface area (Å²) >= 11 is 1.47. The van der Waals surface area contributed by atoms with Gasteiger partial charge in [-0.15, -0.1) is 21.5 Å². The van der Waals surface area contributed by atoms with Gasteiger partial charge in [0, 0.05) is 12.7 Å². The molecule has 0 radical (unpaired) electrons. The summed E-state index contributed by atoms with van der Waals surface area (Å²) in [6.07, 6.45) is 0. The minimum Gasteiger partial charge on any atom is -0.335 e. The lowest BCUT2D eigenvalue weighted by molar-refractivity contribution is -0.134. The second-order valence-corrected chi connectivity index (χ2v) is 6.38. The van der Waals surface area contributed by atoms with Crippen molar-refractivity contribution >= 4 is 28.8 Å². The maximum Gasteiger partial charge on any atom is 0.246 e. The van der Waals surface area contributed by atoms with Crippen LogP contribution in [0.25, 0.3) is 10.7 Å². The third kappa shape index (κ3) is 4.48. The maximum atomic E-state index is 13.1. The van der Waals surface area contributed by atoms with Crippen molar-refractivity contribution in [2.24, 2.45) is 0 Å². The molecule has 2 amide bonds. The Hall–Kier alpha value is -3.14. The van der Waals surface area contributed by atoms with Crippen molar-refractivity contribution in [2.75, 3.05) is 18.9 Å². The lowest BCUT2D eigenvalue weighted by Gasteiger charge is -2.16. The first-order chi connectivity index (χ1) is 12.5. The normalized spacial score (nSPS) is 10.5. The largest absolute Gasteiger partial charge is 0.335 e. The van der Waals surface area contributed by atoms with Crippen molar-refractivity contribution in [2.45, 2.75) is 6.54 Å². The zero-order chi connectivity index (χ0) is 18.5. The molecule has 10 heteroatoms. The molecule has 0 unspecified atom stereocenters. The highest BCUT2D eigenvalue weighted by molar-refractivity contribution is 7.13. The van der Waals surface area contributed by atoms with Crippen LogP contribution in [-0.2, 0) is 16.1 Å².